The van der Waals surface area contributed by atoms with Gasteiger partial charge in [0.15, 0.2) is 5.16 Å². The number of rotatable bonds is 11. The topological polar surface area (TPSA) is 92.3 Å². The van der Waals surface area contributed by atoms with Gasteiger partial charge in [-0.2, -0.15) is 0 Å². The summed E-state index contributed by atoms with van der Waals surface area (Å²) in [6.45, 7) is 0. The first kappa shape index (κ1) is 24.9. The lowest BCUT2D eigenvalue weighted by molar-refractivity contribution is -0.131. The predicted molar refractivity (Wildman–Crippen MR) is 142 cm³/mol. The fraction of sp³-hybridized carbons (Fsp3) is 0.222. The number of aliphatic carboxylic acids is 1. The fourth-order valence-electron chi connectivity index (χ4n) is 3.52. The number of para-hydroxylation sites is 1. The van der Waals surface area contributed by atoms with Crippen molar-refractivity contribution >= 4 is 29.5 Å². The summed E-state index contributed by atoms with van der Waals surface area (Å²) in [5, 5.41) is 9.74. The molecule has 2 aromatic carbocycles. The SMILES string of the molecule is O=C(O)C1=CCC=C(CCCCCSc2nc(-c3ccc(Oc4ccccc4)cc3)cc(=O)[nH]2)S1. The minimum atomic E-state index is -0.850. The lowest BCUT2D eigenvalue weighted by Crippen LogP contribution is -2.08. The first-order chi connectivity index (χ1) is 17.1. The summed E-state index contributed by atoms with van der Waals surface area (Å²) in [5.74, 6) is 1.49. The number of aromatic amines is 1. The first-order valence-corrected chi connectivity index (χ1v) is 13.2. The Morgan fingerprint density at radius 3 is 2.57 bits per heavy atom. The molecule has 0 bridgehead atoms. The van der Waals surface area contributed by atoms with Gasteiger partial charge in [-0.25, -0.2) is 9.78 Å². The van der Waals surface area contributed by atoms with Gasteiger partial charge in [0, 0.05) is 17.4 Å². The van der Waals surface area contributed by atoms with Gasteiger partial charge in [0.2, 0.25) is 0 Å². The molecule has 1 aliphatic rings. The number of thioether (sulfide) groups is 2. The Morgan fingerprint density at radius 1 is 1.03 bits per heavy atom. The first-order valence-electron chi connectivity index (χ1n) is 11.4. The zero-order valence-corrected chi connectivity index (χ0v) is 20.7. The molecule has 0 atom stereocenters. The number of nitrogens with zero attached hydrogens (tertiary/aromatic N) is 1. The summed E-state index contributed by atoms with van der Waals surface area (Å²) in [6.07, 6.45) is 8.47. The van der Waals surface area contributed by atoms with Crippen molar-refractivity contribution in [2.24, 2.45) is 0 Å². The number of aromatic nitrogens is 2. The van der Waals surface area contributed by atoms with Crippen LogP contribution in [0, 0.1) is 0 Å². The molecule has 2 N–H and O–H groups in total. The van der Waals surface area contributed by atoms with Crippen molar-refractivity contribution in [1.82, 2.24) is 9.97 Å². The van der Waals surface area contributed by atoms with E-state index in [2.05, 4.69) is 16.0 Å². The molecule has 0 amide bonds. The van der Waals surface area contributed by atoms with E-state index in [-0.39, 0.29) is 5.56 Å². The van der Waals surface area contributed by atoms with Crippen molar-refractivity contribution in [2.45, 2.75) is 37.3 Å². The summed E-state index contributed by atoms with van der Waals surface area (Å²) < 4.78 is 5.83. The number of hydrogen-bond acceptors (Lipinski definition) is 6. The van der Waals surface area contributed by atoms with Crippen molar-refractivity contribution in [1.29, 1.82) is 0 Å². The Morgan fingerprint density at radius 2 is 1.80 bits per heavy atom. The lowest BCUT2D eigenvalue weighted by Gasteiger charge is -2.11. The minimum absolute atomic E-state index is 0.175. The molecule has 0 aliphatic carbocycles. The van der Waals surface area contributed by atoms with Gasteiger partial charge in [-0.15, -0.1) is 0 Å². The molecule has 180 valence electrons. The number of H-pyrrole nitrogens is 1. The van der Waals surface area contributed by atoms with Gasteiger partial charge in [0.25, 0.3) is 5.56 Å². The van der Waals surface area contributed by atoms with Gasteiger partial charge in [-0.1, -0.05) is 60.3 Å². The number of carbonyl (C=O) groups is 1. The van der Waals surface area contributed by atoms with Crippen LogP contribution in [0.4, 0.5) is 0 Å². The number of unbranched alkanes of at least 4 members (excludes halogenated alkanes) is 2. The Bertz CT molecular complexity index is 1270. The number of hydrogen-bond donors (Lipinski definition) is 2. The van der Waals surface area contributed by atoms with E-state index in [1.165, 1.54) is 17.8 Å². The van der Waals surface area contributed by atoms with E-state index in [1.807, 2.05) is 54.6 Å². The minimum Gasteiger partial charge on any atom is -0.477 e. The van der Waals surface area contributed by atoms with E-state index in [0.29, 0.717) is 22.2 Å². The molecule has 8 heteroatoms. The second-order valence-electron chi connectivity index (χ2n) is 7.92. The average molecular weight is 507 g/mol. The van der Waals surface area contributed by atoms with Crippen LogP contribution in [0.2, 0.25) is 0 Å². The molecule has 35 heavy (non-hydrogen) atoms. The third-order valence-electron chi connectivity index (χ3n) is 5.26. The van der Waals surface area contributed by atoms with Crippen LogP contribution in [0.3, 0.4) is 0 Å². The summed E-state index contributed by atoms with van der Waals surface area (Å²) in [7, 11) is 0. The molecule has 0 unspecified atom stereocenters. The van der Waals surface area contributed by atoms with E-state index in [4.69, 9.17) is 9.84 Å². The molecule has 0 spiro atoms. The third-order valence-corrected chi connectivity index (χ3v) is 7.41. The van der Waals surface area contributed by atoms with Crippen LogP contribution in [0.5, 0.6) is 11.5 Å². The molecule has 0 fully saturated rings. The Balaban J connectivity index is 1.24. The Kier molecular flexibility index (Phi) is 8.86. The Hall–Kier alpha value is -3.23. The van der Waals surface area contributed by atoms with E-state index in [9.17, 15) is 9.59 Å². The van der Waals surface area contributed by atoms with Crippen LogP contribution in [0.15, 0.2) is 92.6 Å². The van der Waals surface area contributed by atoms with E-state index in [0.717, 1.165) is 53.4 Å². The normalized spacial score (nSPS) is 13.1. The fourth-order valence-corrected chi connectivity index (χ4v) is 5.38. The van der Waals surface area contributed by atoms with Gasteiger partial charge < -0.3 is 14.8 Å². The molecule has 1 aromatic heterocycles. The smallest absolute Gasteiger partial charge is 0.342 e. The van der Waals surface area contributed by atoms with E-state index < -0.39 is 5.97 Å². The standard InChI is InChI=1S/C27H26N2O4S2/c30-25-18-23(19-13-15-21(16-14-19)33-20-8-3-1-4-9-20)28-27(29-25)34-17-6-2-5-10-22-11-7-12-24(35-22)26(31)32/h1,3-4,8-9,11-16,18H,2,5-7,10,17H2,(H,31,32)(H,28,29,30). The molecule has 0 saturated heterocycles. The second-order valence-corrected chi connectivity index (χ2v) is 10.2. The predicted octanol–water partition coefficient (Wildman–Crippen LogP) is 6.87. The molecule has 2 heterocycles. The maximum atomic E-state index is 12.2. The van der Waals surface area contributed by atoms with Gasteiger partial charge in [-0.3, -0.25) is 4.79 Å². The van der Waals surface area contributed by atoms with Crippen LogP contribution in [0.1, 0.15) is 32.1 Å². The van der Waals surface area contributed by atoms with Crippen LogP contribution in [0.25, 0.3) is 11.3 Å². The summed E-state index contributed by atoms with van der Waals surface area (Å²) >= 11 is 2.90. The largest absolute Gasteiger partial charge is 0.477 e. The zero-order valence-electron chi connectivity index (χ0n) is 19.1. The zero-order chi connectivity index (χ0) is 24.5. The quantitative estimate of drug-likeness (QED) is 0.166. The van der Waals surface area contributed by atoms with Crippen molar-refractivity contribution < 1.29 is 14.6 Å². The van der Waals surface area contributed by atoms with Crippen molar-refractivity contribution in [3.63, 3.8) is 0 Å². The maximum Gasteiger partial charge on any atom is 0.342 e. The van der Waals surface area contributed by atoms with Crippen molar-refractivity contribution in [2.75, 3.05) is 5.75 Å². The second kappa shape index (κ2) is 12.5. The van der Waals surface area contributed by atoms with Crippen LogP contribution in [-0.2, 0) is 4.79 Å². The molecule has 0 radical (unpaired) electrons. The molecule has 6 nitrogen and oxygen atoms in total. The van der Waals surface area contributed by atoms with Gasteiger partial charge in [0.05, 0.1) is 10.6 Å². The van der Waals surface area contributed by atoms with E-state index >= 15 is 0 Å². The number of carboxylic acid groups (broad SMARTS) is 1. The molecular weight excluding hydrogens is 480 g/mol. The Labute approximate surface area is 212 Å². The van der Waals surface area contributed by atoms with Crippen LogP contribution in [-0.4, -0.2) is 26.8 Å². The molecule has 3 aromatic rings. The highest BCUT2D eigenvalue weighted by Crippen LogP contribution is 2.34. The van der Waals surface area contributed by atoms with Gasteiger partial charge >= 0.3 is 5.97 Å². The number of nitrogens with one attached hydrogen (secondary N) is 1. The van der Waals surface area contributed by atoms with Crippen molar-refractivity contribution in [3.8, 4) is 22.8 Å². The average Bonchev–Trinajstić information content (AvgIpc) is 2.87. The van der Waals surface area contributed by atoms with Crippen molar-refractivity contribution in [3.05, 3.63) is 93.0 Å². The molecular formula is C27H26N2O4S2. The summed E-state index contributed by atoms with van der Waals surface area (Å²) in [6, 6.07) is 18.6. The monoisotopic (exact) mass is 506 g/mol. The lowest BCUT2D eigenvalue weighted by atomic mass is 10.1. The summed E-state index contributed by atoms with van der Waals surface area (Å²) in [5.41, 5.74) is 1.31. The summed E-state index contributed by atoms with van der Waals surface area (Å²) in [4.78, 5) is 32.3. The maximum absolute atomic E-state index is 12.2. The number of allylic oxidation sites excluding steroid dienone is 3. The third kappa shape index (κ3) is 7.63. The number of benzene rings is 2. The van der Waals surface area contributed by atoms with Crippen LogP contribution >= 0.6 is 23.5 Å². The molecule has 1 aliphatic heterocycles. The van der Waals surface area contributed by atoms with Gasteiger partial charge in [-0.05, 0) is 67.0 Å². The number of carboxylic acids is 1. The van der Waals surface area contributed by atoms with Gasteiger partial charge in [0.1, 0.15) is 11.5 Å². The number of ether oxygens (including phenoxy) is 1. The van der Waals surface area contributed by atoms with Crippen LogP contribution < -0.4 is 10.3 Å². The highest BCUT2D eigenvalue weighted by atomic mass is 32.2. The highest BCUT2D eigenvalue weighted by molar-refractivity contribution is 8.07. The highest BCUT2D eigenvalue weighted by Gasteiger charge is 2.13. The molecule has 0 saturated carbocycles. The van der Waals surface area contributed by atoms with E-state index in [1.54, 1.807) is 17.8 Å². The molecule has 4 rings (SSSR count).